The minimum atomic E-state index is -2.96. The van der Waals surface area contributed by atoms with E-state index in [4.69, 9.17) is 26.6 Å². The van der Waals surface area contributed by atoms with Gasteiger partial charge in [0.05, 0.1) is 6.54 Å². The molecule has 0 fully saturated rings. The minimum Gasteiger partial charge on any atom is -0.377 e. The normalized spacial score (nSPS) is 13.4. The zero-order valence-electron chi connectivity index (χ0n) is 12.5. The smallest absolute Gasteiger partial charge is 0.377 e. The van der Waals surface area contributed by atoms with Crippen LogP contribution >= 0.6 is 0 Å². The van der Waals surface area contributed by atoms with Crippen LogP contribution in [0.3, 0.4) is 0 Å². The maximum atomic E-state index is 5.30. The maximum Gasteiger partial charge on any atom is 0.670 e. The third-order valence-corrected chi connectivity index (χ3v) is 7.41. The minimum absolute atomic E-state index is 0.496. The molecule has 8 nitrogen and oxygen atoms in total. The van der Waals surface area contributed by atoms with Crippen LogP contribution < -0.4 is 0 Å². The Bertz CT molecular complexity index is 245. The highest BCUT2D eigenvalue weighted by atomic mass is 28.4. The lowest BCUT2D eigenvalue weighted by Gasteiger charge is -2.23. The van der Waals surface area contributed by atoms with E-state index >= 15 is 0 Å². The van der Waals surface area contributed by atoms with Crippen LogP contribution in [0.2, 0.25) is 6.04 Å². The van der Waals surface area contributed by atoms with E-state index in [2.05, 4.69) is 9.89 Å². The Morgan fingerprint density at radius 3 is 1.58 bits per heavy atom. The van der Waals surface area contributed by atoms with Crippen LogP contribution in [0, 0.1) is 0 Å². The molecule has 0 atom stereocenters. The van der Waals surface area contributed by atoms with Crippen molar-refractivity contribution >= 4 is 17.8 Å². The van der Waals surface area contributed by atoms with E-state index in [9.17, 15) is 0 Å². The molecule has 0 saturated carbocycles. The lowest BCUT2D eigenvalue weighted by atomic mass is 10.5. The lowest BCUT2D eigenvalue weighted by molar-refractivity contribution is 0.122. The topological polar surface area (TPSA) is 80.1 Å². The third kappa shape index (κ3) is 5.75. The Balaban J connectivity index is 4.22. The molecule has 0 aromatic heterocycles. The molecule has 0 aromatic carbocycles. The van der Waals surface area contributed by atoms with Gasteiger partial charge in [-0.2, -0.15) is 5.11 Å². The van der Waals surface area contributed by atoms with Gasteiger partial charge in [0.15, 0.2) is 0 Å². The second-order valence-corrected chi connectivity index (χ2v) is 9.06. The number of hydrogen-bond acceptors (Lipinski definition) is 8. The molecular formula is C9H24N2O6Si2. The van der Waals surface area contributed by atoms with E-state index in [1.165, 1.54) is 21.3 Å². The zero-order chi connectivity index (χ0) is 14.8. The number of nitrogens with zero attached hydrogens (tertiary/aromatic N) is 2. The van der Waals surface area contributed by atoms with Crippen molar-refractivity contribution in [1.29, 1.82) is 0 Å². The van der Waals surface area contributed by atoms with Crippen molar-refractivity contribution in [3.05, 3.63) is 0 Å². The van der Waals surface area contributed by atoms with E-state index < -0.39 is 17.8 Å². The van der Waals surface area contributed by atoms with Gasteiger partial charge in [0.25, 0.3) is 0 Å². The summed E-state index contributed by atoms with van der Waals surface area (Å²) in [6.07, 6.45) is 0.729. The van der Waals surface area contributed by atoms with Crippen molar-refractivity contribution in [2.75, 3.05) is 49.2 Å². The average Bonchev–Trinajstić information content (AvgIpc) is 2.48. The molecule has 0 aromatic rings. The van der Waals surface area contributed by atoms with E-state index in [0.29, 0.717) is 12.6 Å². The quantitative estimate of drug-likeness (QED) is 0.323. The highest BCUT2D eigenvalue weighted by Gasteiger charge is 2.40. The molecule has 0 heterocycles. The van der Waals surface area contributed by atoms with Gasteiger partial charge in [-0.15, -0.1) is 4.78 Å². The molecular weight excluding hydrogens is 288 g/mol. The summed E-state index contributed by atoms with van der Waals surface area (Å²) in [5.74, 6) is 0. The summed E-state index contributed by atoms with van der Waals surface area (Å²) in [5.41, 5.74) is 0. The first kappa shape index (κ1) is 18.8. The fraction of sp³-hybridized carbons (Fsp3) is 1.00. The van der Waals surface area contributed by atoms with E-state index in [1.54, 1.807) is 21.3 Å². The van der Waals surface area contributed by atoms with Crippen LogP contribution in [0.15, 0.2) is 9.89 Å². The largest absolute Gasteiger partial charge is 0.670 e. The van der Waals surface area contributed by atoms with Gasteiger partial charge in [-0.05, 0) is 6.42 Å². The van der Waals surface area contributed by atoms with Crippen LogP contribution in [0.25, 0.3) is 0 Å². The first-order valence-corrected chi connectivity index (χ1v) is 9.37. The standard InChI is InChI=1S/C9H24N2O6Si2/c1-12-18(13-2,14-3)9-7-8-10-11-19(15-4,16-5)17-6/h7-9H2,1-6H3. The SMILES string of the molecule is CO[Si](CCCN=N[Si](OC)(OC)OC)(OC)OC. The second kappa shape index (κ2) is 9.66. The van der Waals surface area contributed by atoms with Crippen LogP contribution in [-0.4, -0.2) is 67.0 Å². The Hall–Kier alpha value is -0.206. The van der Waals surface area contributed by atoms with Crippen molar-refractivity contribution in [3.8, 4) is 0 Å². The van der Waals surface area contributed by atoms with Gasteiger partial charge in [0.1, 0.15) is 0 Å². The third-order valence-electron chi connectivity index (χ3n) is 2.64. The summed E-state index contributed by atoms with van der Waals surface area (Å²) in [7, 11) is 3.71. The maximum absolute atomic E-state index is 5.30. The zero-order valence-corrected chi connectivity index (χ0v) is 14.5. The molecule has 0 bridgehead atoms. The predicted octanol–water partition coefficient (Wildman–Crippen LogP) is 1.08. The Morgan fingerprint density at radius 1 is 0.737 bits per heavy atom. The highest BCUT2D eigenvalue weighted by molar-refractivity contribution is 6.60. The summed E-state index contributed by atoms with van der Waals surface area (Å²) < 4.78 is 35.3. The van der Waals surface area contributed by atoms with Gasteiger partial charge in [0, 0.05) is 48.7 Å². The van der Waals surface area contributed by atoms with E-state index in [0.717, 1.165) is 6.42 Å². The molecule has 0 saturated heterocycles. The van der Waals surface area contributed by atoms with Gasteiger partial charge >= 0.3 is 17.8 Å². The molecule has 0 amide bonds. The number of rotatable bonds is 11. The lowest BCUT2D eigenvalue weighted by Crippen LogP contribution is -2.42. The second-order valence-electron chi connectivity index (χ2n) is 3.50. The Labute approximate surface area is 116 Å². The summed E-state index contributed by atoms with van der Waals surface area (Å²) in [6, 6.07) is 0.664. The fourth-order valence-electron chi connectivity index (χ4n) is 1.43. The van der Waals surface area contributed by atoms with Crippen LogP contribution in [-0.2, 0) is 26.6 Å². The van der Waals surface area contributed by atoms with Gasteiger partial charge in [-0.3, -0.25) is 0 Å². The fourth-order valence-corrected chi connectivity index (χ4v) is 4.15. The number of hydrogen-bond donors (Lipinski definition) is 0. The Morgan fingerprint density at radius 2 is 1.21 bits per heavy atom. The summed E-state index contributed by atoms with van der Waals surface area (Å²) in [4.78, 5) is 0. The summed E-state index contributed by atoms with van der Waals surface area (Å²) >= 11 is 0. The van der Waals surface area contributed by atoms with Crippen molar-refractivity contribution in [1.82, 2.24) is 0 Å². The van der Waals surface area contributed by atoms with Crippen molar-refractivity contribution in [3.63, 3.8) is 0 Å². The van der Waals surface area contributed by atoms with Crippen molar-refractivity contribution < 1.29 is 26.6 Å². The molecule has 0 aliphatic heterocycles. The van der Waals surface area contributed by atoms with Gasteiger partial charge in [-0.25, -0.2) is 0 Å². The molecule has 0 spiro atoms. The average molecular weight is 312 g/mol. The van der Waals surface area contributed by atoms with Crippen LogP contribution in [0.4, 0.5) is 0 Å². The van der Waals surface area contributed by atoms with E-state index in [-0.39, 0.29) is 0 Å². The van der Waals surface area contributed by atoms with Gasteiger partial charge in [-0.1, -0.05) is 0 Å². The molecule has 114 valence electrons. The molecule has 0 N–H and O–H groups in total. The summed E-state index contributed by atoms with van der Waals surface area (Å²) in [5, 5.41) is 4.03. The van der Waals surface area contributed by atoms with Crippen LogP contribution in [0.5, 0.6) is 0 Å². The molecule has 0 radical (unpaired) electrons. The van der Waals surface area contributed by atoms with Gasteiger partial charge in [0.2, 0.25) is 0 Å². The van der Waals surface area contributed by atoms with Gasteiger partial charge < -0.3 is 26.6 Å². The monoisotopic (exact) mass is 312 g/mol. The first-order chi connectivity index (χ1) is 9.07. The predicted molar refractivity (Wildman–Crippen MR) is 72.7 cm³/mol. The van der Waals surface area contributed by atoms with E-state index in [1.807, 2.05) is 0 Å². The first-order valence-electron chi connectivity index (χ1n) is 5.77. The highest BCUT2D eigenvalue weighted by Crippen LogP contribution is 2.15. The molecule has 0 unspecified atom stereocenters. The van der Waals surface area contributed by atoms with Crippen molar-refractivity contribution in [2.24, 2.45) is 9.89 Å². The molecule has 0 aliphatic carbocycles. The molecule has 0 rings (SSSR count). The molecule has 0 aliphatic rings. The Kier molecular flexibility index (Phi) is 9.55. The molecule has 10 heteroatoms. The molecule has 19 heavy (non-hydrogen) atoms. The van der Waals surface area contributed by atoms with Crippen LogP contribution in [0.1, 0.15) is 6.42 Å². The summed E-state index contributed by atoms with van der Waals surface area (Å²) in [6.45, 7) is 0.496. The van der Waals surface area contributed by atoms with Crippen molar-refractivity contribution in [2.45, 2.75) is 12.5 Å².